The Hall–Kier alpha value is -2.77. The van der Waals surface area contributed by atoms with Crippen molar-refractivity contribution in [3.63, 3.8) is 0 Å². The summed E-state index contributed by atoms with van der Waals surface area (Å²) in [5.74, 6) is -0.903. The van der Waals surface area contributed by atoms with E-state index in [1.165, 1.54) is 12.3 Å². The first-order valence-electron chi connectivity index (χ1n) is 9.22. The van der Waals surface area contributed by atoms with Crippen LogP contribution in [0, 0.1) is 5.82 Å². The van der Waals surface area contributed by atoms with Gasteiger partial charge in [0.15, 0.2) is 5.82 Å². The minimum atomic E-state index is -0.622. The topological polar surface area (TPSA) is 71.3 Å². The molecule has 2 aromatic rings. The molecule has 4 rings (SSSR count). The van der Waals surface area contributed by atoms with Gasteiger partial charge < -0.3 is 9.80 Å². The highest BCUT2D eigenvalue weighted by atomic mass is 19.1. The van der Waals surface area contributed by atoms with Crippen LogP contribution in [-0.2, 0) is 18.3 Å². The average molecular weight is 371 g/mol. The molecular formula is C19H22FN5O2. The van der Waals surface area contributed by atoms with Gasteiger partial charge in [0.2, 0.25) is 5.91 Å². The summed E-state index contributed by atoms with van der Waals surface area (Å²) >= 11 is 0. The van der Waals surface area contributed by atoms with Crippen LogP contribution in [0.25, 0.3) is 0 Å². The van der Waals surface area contributed by atoms with Gasteiger partial charge in [-0.3, -0.25) is 19.3 Å². The Balaban J connectivity index is 1.40. The zero-order chi connectivity index (χ0) is 19.0. The van der Waals surface area contributed by atoms with Gasteiger partial charge in [-0.1, -0.05) is 0 Å². The van der Waals surface area contributed by atoms with Crippen molar-refractivity contribution in [2.75, 3.05) is 13.1 Å². The number of hydrogen-bond donors (Lipinski definition) is 0. The Bertz CT molecular complexity index is 867. The number of carbonyl (C=O) groups is 2. The Labute approximate surface area is 156 Å². The molecule has 0 aromatic carbocycles. The summed E-state index contributed by atoms with van der Waals surface area (Å²) in [5, 5.41) is 4.16. The maximum Gasteiger partial charge on any atom is 0.257 e. The highest BCUT2D eigenvalue weighted by Gasteiger charge is 2.48. The Kier molecular flexibility index (Phi) is 4.63. The molecule has 2 aliphatic rings. The summed E-state index contributed by atoms with van der Waals surface area (Å²) in [5.41, 5.74) is 1.17. The summed E-state index contributed by atoms with van der Waals surface area (Å²) in [6, 6.07) is 1.25. The molecule has 0 bridgehead atoms. The van der Waals surface area contributed by atoms with E-state index in [1.807, 2.05) is 24.3 Å². The van der Waals surface area contributed by atoms with Gasteiger partial charge in [0.1, 0.15) is 0 Å². The molecule has 2 fully saturated rings. The first-order chi connectivity index (χ1) is 13.0. The van der Waals surface area contributed by atoms with Crippen LogP contribution in [0.1, 0.15) is 35.2 Å². The van der Waals surface area contributed by atoms with E-state index in [-0.39, 0.29) is 29.5 Å². The van der Waals surface area contributed by atoms with Crippen LogP contribution in [0.15, 0.2) is 30.9 Å². The summed E-state index contributed by atoms with van der Waals surface area (Å²) in [4.78, 5) is 32.5. The van der Waals surface area contributed by atoms with E-state index in [0.29, 0.717) is 19.5 Å². The lowest BCUT2D eigenvalue weighted by atomic mass is 10.1. The summed E-state index contributed by atoms with van der Waals surface area (Å²) < 4.78 is 15.7. The largest absolute Gasteiger partial charge is 0.337 e. The van der Waals surface area contributed by atoms with Crippen molar-refractivity contribution in [1.29, 1.82) is 0 Å². The zero-order valence-electron chi connectivity index (χ0n) is 15.2. The van der Waals surface area contributed by atoms with Crippen LogP contribution < -0.4 is 0 Å². The van der Waals surface area contributed by atoms with Crippen LogP contribution in [0.4, 0.5) is 4.39 Å². The molecule has 7 nitrogen and oxygen atoms in total. The van der Waals surface area contributed by atoms with Gasteiger partial charge in [-0.25, -0.2) is 4.39 Å². The van der Waals surface area contributed by atoms with Gasteiger partial charge >= 0.3 is 0 Å². The number of carbonyl (C=O) groups excluding carboxylic acids is 2. The molecule has 0 spiro atoms. The van der Waals surface area contributed by atoms with Gasteiger partial charge in [0.25, 0.3) is 5.91 Å². The van der Waals surface area contributed by atoms with Crippen molar-refractivity contribution in [2.45, 2.75) is 37.8 Å². The van der Waals surface area contributed by atoms with Crippen LogP contribution in [0.5, 0.6) is 0 Å². The number of aromatic nitrogens is 3. The predicted octanol–water partition coefficient (Wildman–Crippen LogP) is 1.40. The van der Waals surface area contributed by atoms with E-state index in [1.54, 1.807) is 9.58 Å². The molecule has 0 N–H and O–H groups in total. The second-order valence-electron chi connectivity index (χ2n) is 7.19. The maximum absolute atomic E-state index is 13.9. The van der Waals surface area contributed by atoms with Crippen LogP contribution in [0.2, 0.25) is 0 Å². The minimum absolute atomic E-state index is 0.0214. The van der Waals surface area contributed by atoms with E-state index in [2.05, 4.69) is 10.1 Å². The molecular weight excluding hydrogens is 349 g/mol. The summed E-state index contributed by atoms with van der Waals surface area (Å²) in [7, 11) is 1.88. The molecule has 142 valence electrons. The quantitative estimate of drug-likeness (QED) is 0.797. The number of rotatable bonds is 5. The number of nitrogens with zero attached hydrogens (tertiary/aromatic N) is 5. The highest BCUT2D eigenvalue weighted by molar-refractivity contribution is 5.95. The van der Waals surface area contributed by atoms with Crippen molar-refractivity contribution in [2.24, 2.45) is 7.05 Å². The summed E-state index contributed by atoms with van der Waals surface area (Å²) in [6.45, 7) is 1.21. The Morgan fingerprint density at radius 2 is 2.19 bits per heavy atom. The molecule has 0 radical (unpaired) electrons. The normalized spacial score (nSPS) is 21.8. The number of aryl methyl sites for hydroxylation is 2. The Morgan fingerprint density at radius 1 is 1.33 bits per heavy atom. The van der Waals surface area contributed by atoms with Gasteiger partial charge in [-0.15, -0.1) is 0 Å². The SMILES string of the molecule is Cn1cc(CCCN2C(=O)C[C@H]3[C@@H]2CCN3C(=O)c2ccncc2F)cn1. The third-order valence-electron chi connectivity index (χ3n) is 5.50. The minimum Gasteiger partial charge on any atom is -0.337 e. The standard InChI is InChI=1S/C19H22FN5O2/c1-23-12-13(10-22-23)3-2-7-24-16-5-8-25(17(16)9-18(24)26)19(27)14-4-6-21-11-15(14)20/h4,6,10-12,16-17H,2-3,5,7-9H2,1H3/t16-,17-/m0/s1. The number of halogens is 1. The van der Waals surface area contributed by atoms with E-state index in [0.717, 1.165) is 31.0 Å². The second-order valence-corrected chi connectivity index (χ2v) is 7.19. The van der Waals surface area contributed by atoms with Crippen molar-refractivity contribution >= 4 is 11.8 Å². The van der Waals surface area contributed by atoms with Gasteiger partial charge in [-0.05, 0) is 30.9 Å². The first-order valence-corrected chi connectivity index (χ1v) is 9.22. The summed E-state index contributed by atoms with van der Waals surface area (Å²) in [6.07, 6.45) is 9.05. The molecule has 2 amide bonds. The molecule has 4 heterocycles. The van der Waals surface area contributed by atoms with E-state index in [4.69, 9.17) is 0 Å². The molecule has 2 aliphatic heterocycles. The van der Waals surface area contributed by atoms with E-state index in [9.17, 15) is 14.0 Å². The lowest BCUT2D eigenvalue weighted by molar-refractivity contribution is -0.129. The van der Waals surface area contributed by atoms with Crippen LogP contribution in [-0.4, -0.2) is 61.6 Å². The molecule has 0 unspecified atom stereocenters. The van der Waals surface area contributed by atoms with Crippen LogP contribution in [0.3, 0.4) is 0 Å². The molecule has 8 heteroatoms. The third-order valence-corrected chi connectivity index (χ3v) is 5.50. The van der Waals surface area contributed by atoms with Crippen LogP contribution >= 0.6 is 0 Å². The van der Waals surface area contributed by atoms with E-state index >= 15 is 0 Å². The average Bonchev–Trinajstić information content (AvgIpc) is 3.32. The van der Waals surface area contributed by atoms with Gasteiger partial charge in [-0.2, -0.15) is 5.10 Å². The lowest BCUT2D eigenvalue weighted by Crippen LogP contribution is -2.40. The fourth-order valence-corrected chi connectivity index (χ4v) is 4.23. The zero-order valence-corrected chi connectivity index (χ0v) is 15.2. The molecule has 27 heavy (non-hydrogen) atoms. The van der Waals surface area contributed by atoms with Crippen molar-refractivity contribution in [3.05, 3.63) is 47.8 Å². The Morgan fingerprint density at radius 3 is 2.93 bits per heavy atom. The molecule has 2 saturated heterocycles. The smallest absolute Gasteiger partial charge is 0.257 e. The second kappa shape index (κ2) is 7.09. The monoisotopic (exact) mass is 371 g/mol. The molecule has 0 saturated carbocycles. The number of amides is 2. The van der Waals surface area contributed by atoms with Crippen molar-refractivity contribution in [3.8, 4) is 0 Å². The maximum atomic E-state index is 13.9. The highest BCUT2D eigenvalue weighted by Crippen LogP contribution is 2.33. The van der Waals surface area contributed by atoms with Crippen molar-refractivity contribution in [1.82, 2.24) is 24.6 Å². The lowest BCUT2D eigenvalue weighted by Gasteiger charge is -2.25. The number of likely N-dealkylation sites (tertiary alicyclic amines) is 2. The molecule has 2 aromatic heterocycles. The number of fused-ring (bicyclic) bond motifs is 1. The van der Waals surface area contributed by atoms with Gasteiger partial charge in [0.05, 0.1) is 30.0 Å². The number of pyridine rings is 1. The van der Waals surface area contributed by atoms with Gasteiger partial charge in [0, 0.05) is 39.0 Å². The van der Waals surface area contributed by atoms with Crippen molar-refractivity contribution < 1.29 is 14.0 Å². The third kappa shape index (κ3) is 3.31. The molecule has 2 atom stereocenters. The fraction of sp³-hybridized carbons (Fsp3) is 0.474. The number of hydrogen-bond acceptors (Lipinski definition) is 4. The fourth-order valence-electron chi connectivity index (χ4n) is 4.23. The predicted molar refractivity (Wildman–Crippen MR) is 95.3 cm³/mol. The molecule has 0 aliphatic carbocycles. The first kappa shape index (κ1) is 17.6. The van der Waals surface area contributed by atoms with E-state index < -0.39 is 5.82 Å².